The fraction of sp³-hybridized carbons (Fsp3) is 0.591. The van der Waals surface area contributed by atoms with Gasteiger partial charge in [-0.3, -0.25) is 0 Å². The summed E-state index contributed by atoms with van der Waals surface area (Å²) >= 11 is 0. The average Bonchev–Trinajstić information content (AvgIpc) is 3.09. The zero-order chi connectivity index (χ0) is 18.7. The van der Waals surface area contributed by atoms with E-state index in [4.69, 9.17) is 4.74 Å². The lowest BCUT2D eigenvalue weighted by atomic mass is 10.00. The number of carbonyl (C=O) groups excluding carboxylic acids is 1. The molecule has 0 spiro atoms. The summed E-state index contributed by atoms with van der Waals surface area (Å²) in [5, 5.41) is 0. The molecule has 4 rings (SSSR count). The van der Waals surface area contributed by atoms with Gasteiger partial charge in [-0.2, -0.15) is 0 Å². The predicted octanol–water partition coefficient (Wildman–Crippen LogP) is 6.20. The fourth-order valence-electron chi connectivity index (χ4n) is 2.46. The van der Waals surface area contributed by atoms with Crippen molar-refractivity contribution in [3.05, 3.63) is 47.5 Å². The molecule has 1 aromatic carbocycles. The van der Waals surface area contributed by atoms with Crippen LogP contribution < -0.4 is 0 Å². The van der Waals surface area contributed by atoms with Crippen LogP contribution in [0.15, 0.2) is 42.0 Å². The van der Waals surface area contributed by atoms with Gasteiger partial charge in [0.2, 0.25) is 0 Å². The molecule has 3 aliphatic rings. The summed E-state index contributed by atoms with van der Waals surface area (Å²) in [5.41, 5.74) is 2.86. The summed E-state index contributed by atoms with van der Waals surface area (Å²) in [5.74, 6) is 1.02. The van der Waals surface area contributed by atoms with E-state index in [9.17, 15) is 4.79 Å². The Morgan fingerprint density at radius 2 is 1.72 bits per heavy atom. The lowest BCUT2D eigenvalue weighted by Gasteiger charge is -2.11. The van der Waals surface area contributed by atoms with Crippen molar-refractivity contribution >= 4 is 6.09 Å². The van der Waals surface area contributed by atoms with Gasteiger partial charge >= 0.3 is 6.09 Å². The summed E-state index contributed by atoms with van der Waals surface area (Å²) in [6, 6.07) is 9.93. The minimum absolute atomic E-state index is 0.0196. The lowest BCUT2D eigenvalue weighted by molar-refractivity contribution is 0.137. The number of cyclic esters (lactones) is 1. The van der Waals surface area contributed by atoms with Gasteiger partial charge in [-0.1, -0.05) is 82.5 Å². The van der Waals surface area contributed by atoms with Crippen molar-refractivity contribution in [1.82, 2.24) is 4.90 Å². The molecule has 0 aromatic heterocycles. The summed E-state index contributed by atoms with van der Waals surface area (Å²) in [4.78, 5) is 13.0. The Balaban J connectivity index is 0.000000231. The predicted molar refractivity (Wildman–Crippen MR) is 106 cm³/mol. The van der Waals surface area contributed by atoms with Gasteiger partial charge in [-0.25, -0.2) is 4.79 Å². The second kappa shape index (κ2) is 11.7. The quantitative estimate of drug-likeness (QED) is 0.611. The number of carbonyl (C=O) groups is 1. The standard InChI is InChI=1S/C11H13NO2.C5H6.C4H10.C2H6/c1-9-7-12(11(13)14-9)8-10-5-3-2-4-6-10;1-2-5-3-4(1)5;1-3-4-2;1-2/h2-6,9H,7-8H2,1H3;3-4H,1-2H2;3-4H2,1-2H3;1-2H3. The lowest BCUT2D eigenvalue weighted by Crippen LogP contribution is -2.24. The highest BCUT2D eigenvalue weighted by Crippen LogP contribution is 2.47. The van der Waals surface area contributed by atoms with E-state index in [2.05, 4.69) is 19.9 Å². The van der Waals surface area contributed by atoms with E-state index in [1.807, 2.05) is 51.1 Å². The van der Waals surface area contributed by atoms with Crippen molar-refractivity contribution in [2.45, 2.75) is 73.0 Å². The third kappa shape index (κ3) is 7.76. The smallest absolute Gasteiger partial charge is 0.410 e. The number of amides is 1. The highest BCUT2D eigenvalue weighted by molar-refractivity contribution is 5.69. The monoisotopic (exact) mass is 345 g/mol. The van der Waals surface area contributed by atoms with E-state index < -0.39 is 0 Å². The Kier molecular flexibility index (Phi) is 9.98. The summed E-state index contributed by atoms with van der Waals surface area (Å²) in [6.45, 7) is 11.6. The van der Waals surface area contributed by atoms with Crippen LogP contribution in [-0.2, 0) is 11.3 Å². The molecule has 2 atom stereocenters. The summed E-state index contributed by atoms with van der Waals surface area (Å²) < 4.78 is 5.03. The molecular weight excluding hydrogens is 310 g/mol. The first-order chi connectivity index (χ1) is 12.1. The molecule has 2 aliphatic carbocycles. The molecule has 140 valence electrons. The molecule has 0 bridgehead atoms. The van der Waals surface area contributed by atoms with Crippen LogP contribution in [-0.4, -0.2) is 23.6 Å². The Labute approximate surface area is 154 Å². The van der Waals surface area contributed by atoms with Crippen molar-refractivity contribution < 1.29 is 9.53 Å². The van der Waals surface area contributed by atoms with Crippen molar-refractivity contribution in [2.24, 2.45) is 5.92 Å². The second-order valence-corrected chi connectivity index (χ2v) is 6.45. The summed E-state index contributed by atoms with van der Waals surface area (Å²) in [7, 11) is 0. The van der Waals surface area contributed by atoms with Gasteiger partial charge in [0, 0.05) is 6.54 Å². The van der Waals surface area contributed by atoms with Crippen LogP contribution in [0.25, 0.3) is 0 Å². The number of unbranched alkanes of at least 4 members (excludes halogenated alkanes) is 1. The van der Waals surface area contributed by atoms with Gasteiger partial charge in [0.25, 0.3) is 0 Å². The number of hydrogen-bond donors (Lipinski definition) is 0. The van der Waals surface area contributed by atoms with E-state index in [0.717, 1.165) is 11.5 Å². The molecule has 1 heterocycles. The average molecular weight is 346 g/mol. The second-order valence-electron chi connectivity index (χ2n) is 6.45. The minimum Gasteiger partial charge on any atom is -0.444 e. The Morgan fingerprint density at radius 3 is 2.04 bits per heavy atom. The normalized spacial score (nSPS) is 21.6. The van der Waals surface area contributed by atoms with Crippen LogP contribution in [0.1, 0.15) is 65.9 Å². The molecular formula is C22H35NO2. The first-order valence-electron chi connectivity index (χ1n) is 9.84. The minimum atomic E-state index is -0.207. The Morgan fingerprint density at radius 1 is 1.12 bits per heavy atom. The number of ether oxygens (including phenoxy) is 1. The zero-order valence-electron chi connectivity index (χ0n) is 16.6. The van der Waals surface area contributed by atoms with E-state index in [-0.39, 0.29) is 12.2 Å². The van der Waals surface area contributed by atoms with E-state index in [1.165, 1.54) is 25.7 Å². The van der Waals surface area contributed by atoms with Gasteiger partial charge in [0.15, 0.2) is 0 Å². The fourth-order valence-corrected chi connectivity index (χ4v) is 2.46. The van der Waals surface area contributed by atoms with Crippen molar-refractivity contribution in [1.29, 1.82) is 0 Å². The van der Waals surface area contributed by atoms with Crippen molar-refractivity contribution in [2.75, 3.05) is 6.54 Å². The van der Waals surface area contributed by atoms with Crippen LogP contribution in [0, 0.1) is 5.92 Å². The molecule has 2 fully saturated rings. The number of hydrogen-bond acceptors (Lipinski definition) is 2. The maximum absolute atomic E-state index is 11.3. The number of nitrogens with zero attached hydrogens (tertiary/aromatic N) is 1. The molecule has 1 saturated heterocycles. The highest BCUT2D eigenvalue weighted by atomic mass is 16.6. The van der Waals surface area contributed by atoms with Gasteiger partial charge < -0.3 is 9.64 Å². The van der Waals surface area contributed by atoms with Crippen LogP contribution in [0.2, 0.25) is 0 Å². The first kappa shape index (κ1) is 21.3. The van der Waals surface area contributed by atoms with Crippen LogP contribution in [0.4, 0.5) is 4.79 Å². The maximum Gasteiger partial charge on any atom is 0.410 e. The highest BCUT2D eigenvalue weighted by Gasteiger charge is 2.32. The maximum atomic E-state index is 11.3. The third-order valence-corrected chi connectivity index (χ3v) is 4.28. The van der Waals surface area contributed by atoms with E-state index in [0.29, 0.717) is 13.1 Å². The van der Waals surface area contributed by atoms with Gasteiger partial charge in [-0.15, -0.1) is 0 Å². The Hall–Kier alpha value is -1.77. The molecule has 0 radical (unpaired) electrons. The van der Waals surface area contributed by atoms with Crippen LogP contribution >= 0.6 is 0 Å². The van der Waals surface area contributed by atoms with Crippen molar-refractivity contribution in [3.63, 3.8) is 0 Å². The van der Waals surface area contributed by atoms with E-state index >= 15 is 0 Å². The molecule has 1 aromatic rings. The number of fused-ring (bicyclic) bond motifs is 1. The number of allylic oxidation sites excluding steroid dienone is 2. The van der Waals surface area contributed by atoms with Crippen LogP contribution in [0.5, 0.6) is 0 Å². The van der Waals surface area contributed by atoms with E-state index in [1.54, 1.807) is 10.5 Å². The number of rotatable bonds is 3. The zero-order valence-corrected chi connectivity index (χ0v) is 16.6. The molecule has 2 unspecified atom stereocenters. The van der Waals surface area contributed by atoms with Crippen molar-refractivity contribution in [3.8, 4) is 0 Å². The van der Waals surface area contributed by atoms with Crippen LogP contribution in [0.3, 0.4) is 0 Å². The molecule has 3 nitrogen and oxygen atoms in total. The molecule has 3 heteroatoms. The molecule has 1 amide bonds. The largest absolute Gasteiger partial charge is 0.444 e. The number of benzene rings is 1. The molecule has 1 aliphatic heterocycles. The van der Waals surface area contributed by atoms with Gasteiger partial charge in [0.05, 0.1) is 6.54 Å². The first-order valence-corrected chi connectivity index (χ1v) is 9.84. The molecule has 25 heavy (non-hydrogen) atoms. The molecule has 0 N–H and O–H groups in total. The van der Waals surface area contributed by atoms with Gasteiger partial charge in [-0.05, 0) is 31.2 Å². The molecule has 1 saturated carbocycles. The Bertz CT molecular complexity index is 522. The SMILES string of the molecule is C1=C2CCC12.CC.CC1CN(Cc2ccccc2)C(=O)O1.CCCC. The van der Waals surface area contributed by atoms with Gasteiger partial charge in [0.1, 0.15) is 6.10 Å². The third-order valence-electron chi connectivity index (χ3n) is 4.28. The topological polar surface area (TPSA) is 29.5 Å². The summed E-state index contributed by atoms with van der Waals surface area (Å²) in [6.07, 6.45) is 7.70.